The standard InChI is InChI=1S/C20H19N3O3/c24-16-11-13(20(25)26)10-15-17(16)19(22-14-4-2-1-3-5-14)18(23-15)12-6-8-21-9-7-12/h1-8,13,21-23H,9-11H2,(H,25,26). The van der Waals surface area contributed by atoms with Gasteiger partial charge in [-0.15, -0.1) is 0 Å². The third kappa shape index (κ3) is 2.90. The summed E-state index contributed by atoms with van der Waals surface area (Å²) in [5.74, 6) is -1.75. The molecule has 6 heteroatoms. The number of dihydropyridines is 1. The van der Waals surface area contributed by atoms with Crippen molar-refractivity contribution in [2.75, 3.05) is 11.9 Å². The lowest BCUT2D eigenvalue weighted by molar-refractivity contribution is -0.141. The van der Waals surface area contributed by atoms with Crippen molar-refractivity contribution in [3.8, 4) is 0 Å². The number of aromatic nitrogens is 1. The van der Waals surface area contributed by atoms with Gasteiger partial charge in [-0.05, 0) is 30.0 Å². The van der Waals surface area contributed by atoms with Crippen LogP contribution >= 0.6 is 0 Å². The second-order valence-corrected chi connectivity index (χ2v) is 6.49. The van der Waals surface area contributed by atoms with Crippen molar-refractivity contribution in [3.63, 3.8) is 0 Å². The van der Waals surface area contributed by atoms with Gasteiger partial charge in [0.05, 0.1) is 22.9 Å². The summed E-state index contributed by atoms with van der Waals surface area (Å²) in [6.45, 7) is 0.700. The smallest absolute Gasteiger partial charge is 0.307 e. The number of allylic oxidation sites excluding steroid dienone is 2. The minimum atomic E-state index is -0.932. The minimum absolute atomic E-state index is 0.0273. The molecule has 2 aromatic rings. The number of anilines is 2. The summed E-state index contributed by atoms with van der Waals surface area (Å²) in [4.78, 5) is 27.4. The van der Waals surface area contributed by atoms with Crippen LogP contribution in [0.4, 0.5) is 11.4 Å². The number of carbonyl (C=O) groups excluding carboxylic acids is 1. The molecule has 1 unspecified atom stereocenters. The zero-order valence-electron chi connectivity index (χ0n) is 14.1. The van der Waals surface area contributed by atoms with Crippen LogP contribution in [0.1, 0.15) is 28.2 Å². The van der Waals surface area contributed by atoms with E-state index in [1.54, 1.807) is 0 Å². The van der Waals surface area contributed by atoms with Gasteiger partial charge in [-0.1, -0.05) is 24.3 Å². The Bertz CT molecular complexity index is 925. The van der Waals surface area contributed by atoms with Crippen molar-refractivity contribution in [1.82, 2.24) is 10.3 Å². The molecule has 2 aliphatic rings. The van der Waals surface area contributed by atoms with Crippen LogP contribution in [0.25, 0.3) is 5.57 Å². The molecule has 0 saturated heterocycles. The van der Waals surface area contributed by atoms with Crippen molar-refractivity contribution >= 4 is 28.7 Å². The number of carboxylic acid groups (broad SMARTS) is 1. The fourth-order valence-electron chi connectivity index (χ4n) is 3.48. The van der Waals surface area contributed by atoms with E-state index in [-0.39, 0.29) is 12.2 Å². The van der Waals surface area contributed by atoms with Crippen LogP contribution in [-0.4, -0.2) is 28.4 Å². The average molecular weight is 349 g/mol. The summed E-state index contributed by atoms with van der Waals surface area (Å²) in [7, 11) is 0. The Kier molecular flexibility index (Phi) is 4.08. The maximum Gasteiger partial charge on any atom is 0.307 e. The zero-order chi connectivity index (χ0) is 18.1. The largest absolute Gasteiger partial charge is 0.481 e. The van der Waals surface area contributed by atoms with Crippen molar-refractivity contribution < 1.29 is 14.7 Å². The molecule has 0 amide bonds. The molecule has 2 heterocycles. The first kappa shape index (κ1) is 16.2. The minimum Gasteiger partial charge on any atom is -0.481 e. The Morgan fingerprint density at radius 2 is 2.00 bits per heavy atom. The van der Waals surface area contributed by atoms with Gasteiger partial charge in [0.15, 0.2) is 5.78 Å². The van der Waals surface area contributed by atoms with E-state index < -0.39 is 11.9 Å². The predicted molar refractivity (Wildman–Crippen MR) is 99.4 cm³/mol. The Morgan fingerprint density at radius 3 is 2.69 bits per heavy atom. The molecule has 0 saturated carbocycles. The summed E-state index contributed by atoms with van der Waals surface area (Å²) in [5, 5.41) is 15.8. The number of hydrogen-bond acceptors (Lipinski definition) is 4. The lowest BCUT2D eigenvalue weighted by atomic mass is 9.86. The molecule has 1 atom stereocenters. The highest BCUT2D eigenvalue weighted by molar-refractivity contribution is 6.08. The molecule has 1 aliphatic heterocycles. The molecule has 6 nitrogen and oxygen atoms in total. The van der Waals surface area contributed by atoms with E-state index in [0.29, 0.717) is 24.2 Å². The van der Waals surface area contributed by atoms with Crippen molar-refractivity contribution in [2.45, 2.75) is 12.8 Å². The van der Waals surface area contributed by atoms with E-state index in [4.69, 9.17) is 0 Å². The summed E-state index contributed by atoms with van der Waals surface area (Å²) >= 11 is 0. The quantitative estimate of drug-likeness (QED) is 0.680. The van der Waals surface area contributed by atoms with Crippen molar-refractivity contribution in [3.05, 3.63) is 65.6 Å². The summed E-state index contributed by atoms with van der Waals surface area (Å²) in [6.07, 6.45) is 6.20. The third-order valence-electron chi connectivity index (χ3n) is 4.74. The van der Waals surface area contributed by atoms with Gasteiger partial charge in [-0.2, -0.15) is 0 Å². The number of carboxylic acids is 1. The Hall–Kier alpha value is -3.28. The van der Waals surface area contributed by atoms with Gasteiger partial charge in [-0.25, -0.2) is 0 Å². The molecule has 132 valence electrons. The molecule has 1 aliphatic carbocycles. The van der Waals surface area contributed by atoms with Gasteiger partial charge >= 0.3 is 5.97 Å². The fourth-order valence-corrected chi connectivity index (χ4v) is 3.48. The molecule has 0 bridgehead atoms. The number of Topliss-reactive ketones (excluding diaryl/α,β-unsaturated/α-hetero) is 1. The number of benzene rings is 1. The van der Waals surface area contributed by atoms with Gasteiger partial charge in [-0.3, -0.25) is 9.59 Å². The summed E-state index contributed by atoms with van der Waals surface area (Å²) in [5.41, 5.74) is 4.65. The predicted octanol–water partition coefficient (Wildman–Crippen LogP) is 3.09. The zero-order valence-corrected chi connectivity index (χ0v) is 14.1. The molecule has 1 aromatic heterocycles. The monoisotopic (exact) mass is 349 g/mol. The Balaban J connectivity index is 1.82. The van der Waals surface area contributed by atoms with E-state index in [9.17, 15) is 14.7 Å². The SMILES string of the molecule is O=C1CC(C(=O)O)Cc2[nH]c(C3=CCNC=C3)c(Nc3ccccc3)c21. The highest BCUT2D eigenvalue weighted by atomic mass is 16.4. The number of aromatic amines is 1. The number of ketones is 1. The van der Waals surface area contributed by atoms with Crippen LogP contribution in [0.2, 0.25) is 0 Å². The Morgan fingerprint density at radius 1 is 1.19 bits per heavy atom. The van der Waals surface area contributed by atoms with Crippen LogP contribution in [0.3, 0.4) is 0 Å². The maximum absolute atomic E-state index is 12.7. The lowest BCUT2D eigenvalue weighted by Gasteiger charge is -2.18. The van der Waals surface area contributed by atoms with Gasteiger partial charge in [0.25, 0.3) is 0 Å². The van der Waals surface area contributed by atoms with Gasteiger partial charge < -0.3 is 20.7 Å². The highest BCUT2D eigenvalue weighted by Crippen LogP contribution is 2.38. The second-order valence-electron chi connectivity index (χ2n) is 6.49. The molecule has 0 spiro atoms. The van der Waals surface area contributed by atoms with Crippen molar-refractivity contribution in [2.24, 2.45) is 5.92 Å². The highest BCUT2D eigenvalue weighted by Gasteiger charge is 2.35. The number of carbonyl (C=O) groups is 2. The van der Waals surface area contributed by atoms with Gasteiger partial charge in [0.1, 0.15) is 0 Å². The molecule has 4 N–H and O–H groups in total. The normalized spacial score (nSPS) is 18.7. The lowest BCUT2D eigenvalue weighted by Crippen LogP contribution is -2.26. The van der Waals surface area contributed by atoms with E-state index >= 15 is 0 Å². The number of fused-ring (bicyclic) bond motifs is 1. The first-order chi connectivity index (χ1) is 12.6. The van der Waals surface area contributed by atoms with Crippen LogP contribution in [-0.2, 0) is 11.2 Å². The fraction of sp³-hybridized carbons (Fsp3) is 0.200. The maximum atomic E-state index is 12.7. The number of para-hydroxylation sites is 1. The van der Waals surface area contributed by atoms with Crippen LogP contribution in [0, 0.1) is 5.92 Å². The summed E-state index contributed by atoms with van der Waals surface area (Å²) in [6, 6.07) is 9.64. The molecular weight excluding hydrogens is 330 g/mol. The van der Waals surface area contributed by atoms with E-state index in [0.717, 1.165) is 22.6 Å². The van der Waals surface area contributed by atoms with E-state index in [1.165, 1.54) is 0 Å². The second kappa shape index (κ2) is 6.55. The number of rotatable bonds is 4. The number of hydrogen-bond donors (Lipinski definition) is 4. The molecule has 4 rings (SSSR count). The first-order valence-electron chi connectivity index (χ1n) is 8.57. The number of aliphatic carboxylic acids is 1. The molecule has 0 fully saturated rings. The molecule has 1 aromatic carbocycles. The van der Waals surface area contributed by atoms with Crippen molar-refractivity contribution in [1.29, 1.82) is 0 Å². The van der Waals surface area contributed by atoms with Crippen LogP contribution in [0.15, 0.2) is 48.7 Å². The van der Waals surface area contributed by atoms with E-state index in [1.807, 2.05) is 48.7 Å². The first-order valence-corrected chi connectivity index (χ1v) is 8.57. The van der Waals surface area contributed by atoms with Gasteiger partial charge in [0, 0.05) is 30.8 Å². The molecule has 26 heavy (non-hydrogen) atoms. The third-order valence-corrected chi connectivity index (χ3v) is 4.74. The van der Waals surface area contributed by atoms with Crippen LogP contribution in [0.5, 0.6) is 0 Å². The van der Waals surface area contributed by atoms with E-state index in [2.05, 4.69) is 15.6 Å². The molecular formula is C20H19N3O3. The molecule has 0 radical (unpaired) electrons. The number of nitrogens with one attached hydrogen (secondary N) is 3. The average Bonchev–Trinajstić information content (AvgIpc) is 3.02. The number of H-pyrrole nitrogens is 1. The topological polar surface area (TPSA) is 94.2 Å². The Labute approximate surface area is 150 Å². The summed E-state index contributed by atoms with van der Waals surface area (Å²) < 4.78 is 0. The van der Waals surface area contributed by atoms with Gasteiger partial charge in [0.2, 0.25) is 0 Å². The van der Waals surface area contributed by atoms with Crippen LogP contribution < -0.4 is 10.6 Å².